The molecule has 0 rings (SSSR count). The van der Waals surface area contributed by atoms with Crippen molar-refractivity contribution in [3.8, 4) is 0 Å². The molecule has 14 heavy (non-hydrogen) atoms. The van der Waals surface area contributed by atoms with Gasteiger partial charge in [0.25, 0.3) is 0 Å². The van der Waals surface area contributed by atoms with Crippen LogP contribution in [0.2, 0.25) is 0 Å². The molecule has 0 unspecified atom stereocenters. The van der Waals surface area contributed by atoms with E-state index in [1.54, 1.807) is 0 Å². The molecular weight excluding hydrogens is 174 g/mol. The molecule has 0 amide bonds. The molecular formula is C11H25N3. The van der Waals surface area contributed by atoms with Crippen LogP contribution in [0, 0.1) is 0 Å². The van der Waals surface area contributed by atoms with Gasteiger partial charge in [0.15, 0.2) is 0 Å². The Morgan fingerprint density at radius 2 is 1.79 bits per heavy atom. The molecule has 0 aromatic heterocycles. The van der Waals surface area contributed by atoms with Crippen LogP contribution in [-0.4, -0.2) is 30.9 Å². The molecule has 0 bridgehead atoms. The van der Waals surface area contributed by atoms with Gasteiger partial charge in [0.2, 0.25) is 0 Å². The van der Waals surface area contributed by atoms with Gasteiger partial charge in [-0.3, -0.25) is 4.99 Å². The van der Waals surface area contributed by atoms with Crippen molar-refractivity contribution in [1.82, 2.24) is 5.32 Å². The first-order valence-electron chi connectivity index (χ1n) is 5.26. The number of nitrogens with one attached hydrogen (secondary N) is 1. The fraction of sp³-hybridized carbons (Fsp3) is 0.909. The van der Waals surface area contributed by atoms with E-state index >= 15 is 0 Å². The summed E-state index contributed by atoms with van der Waals surface area (Å²) in [5.74, 6) is 0. The molecule has 3 N–H and O–H groups in total. The molecule has 3 heteroatoms. The number of hydrogen-bond donors (Lipinski definition) is 2. The van der Waals surface area contributed by atoms with Crippen molar-refractivity contribution >= 4 is 6.72 Å². The second-order valence-electron chi connectivity index (χ2n) is 5.07. The summed E-state index contributed by atoms with van der Waals surface area (Å²) in [5, 5.41) is 3.48. The summed E-state index contributed by atoms with van der Waals surface area (Å²) in [5.41, 5.74) is 5.64. The third kappa shape index (κ3) is 6.11. The van der Waals surface area contributed by atoms with E-state index in [4.69, 9.17) is 5.73 Å². The first-order valence-corrected chi connectivity index (χ1v) is 5.26. The highest BCUT2D eigenvalue weighted by molar-refractivity contribution is 5.25. The Hall–Kier alpha value is -0.410. The Morgan fingerprint density at radius 1 is 1.21 bits per heavy atom. The van der Waals surface area contributed by atoms with Crippen LogP contribution in [-0.2, 0) is 0 Å². The highest BCUT2D eigenvalue weighted by atomic mass is 15.0. The van der Waals surface area contributed by atoms with Gasteiger partial charge in [-0.15, -0.1) is 0 Å². The van der Waals surface area contributed by atoms with Crippen LogP contribution in [0.4, 0.5) is 0 Å². The molecule has 84 valence electrons. The Kier molecular flexibility index (Phi) is 5.31. The van der Waals surface area contributed by atoms with E-state index in [2.05, 4.69) is 44.7 Å². The standard InChI is InChI=1S/C11H25N3/c1-10(2,13-5)7-9-14-11(3,4)6-8-12/h14H,5-9,12H2,1-4H3. The van der Waals surface area contributed by atoms with Crippen LogP contribution in [0.1, 0.15) is 40.5 Å². The first-order chi connectivity index (χ1) is 6.33. The van der Waals surface area contributed by atoms with Crippen LogP contribution in [0.3, 0.4) is 0 Å². The van der Waals surface area contributed by atoms with Gasteiger partial charge in [-0.25, -0.2) is 0 Å². The maximum absolute atomic E-state index is 5.53. The lowest BCUT2D eigenvalue weighted by atomic mass is 9.98. The lowest BCUT2D eigenvalue weighted by Gasteiger charge is -2.28. The summed E-state index contributed by atoms with van der Waals surface area (Å²) in [7, 11) is 0. The number of rotatable bonds is 7. The van der Waals surface area contributed by atoms with Crippen molar-refractivity contribution in [3.63, 3.8) is 0 Å². The van der Waals surface area contributed by atoms with Crippen LogP contribution in [0.15, 0.2) is 4.99 Å². The SMILES string of the molecule is C=NC(C)(C)CCNC(C)(C)CCN. The van der Waals surface area contributed by atoms with Crippen molar-refractivity contribution in [1.29, 1.82) is 0 Å². The molecule has 0 fully saturated rings. The van der Waals surface area contributed by atoms with E-state index in [0.29, 0.717) is 0 Å². The minimum Gasteiger partial charge on any atom is -0.330 e. The maximum Gasteiger partial charge on any atom is 0.0557 e. The molecule has 0 spiro atoms. The molecule has 0 radical (unpaired) electrons. The van der Waals surface area contributed by atoms with Crippen LogP contribution < -0.4 is 11.1 Å². The molecule has 0 aromatic carbocycles. The fourth-order valence-electron chi connectivity index (χ4n) is 1.24. The summed E-state index contributed by atoms with van der Waals surface area (Å²) in [6, 6.07) is 0. The third-order valence-corrected chi connectivity index (χ3v) is 2.54. The molecule has 0 saturated carbocycles. The minimum atomic E-state index is -0.0220. The number of hydrogen-bond acceptors (Lipinski definition) is 3. The molecule has 3 nitrogen and oxygen atoms in total. The van der Waals surface area contributed by atoms with Gasteiger partial charge in [0, 0.05) is 5.54 Å². The van der Waals surface area contributed by atoms with Crippen molar-refractivity contribution in [3.05, 3.63) is 0 Å². The van der Waals surface area contributed by atoms with E-state index in [9.17, 15) is 0 Å². The predicted molar refractivity (Wildman–Crippen MR) is 64.0 cm³/mol. The zero-order chi connectivity index (χ0) is 11.2. The van der Waals surface area contributed by atoms with Gasteiger partial charge in [-0.1, -0.05) is 0 Å². The second-order valence-corrected chi connectivity index (χ2v) is 5.07. The number of nitrogens with zero attached hydrogens (tertiary/aromatic N) is 1. The highest BCUT2D eigenvalue weighted by Crippen LogP contribution is 2.13. The van der Waals surface area contributed by atoms with Crippen LogP contribution >= 0.6 is 0 Å². The molecule has 0 aliphatic heterocycles. The molecule has 0 aliphatic rings. The van der Waals surface area contributed by atoms with Crippen molar-refractivity contribution in [2.45, 2.75) is 51.6 Å². The first kappa shape index (κ1) is 13.6. The topological polar surface area (TPSA) is 50.4 Å². The molecule has 0 heterocycles. The summed E-state index contributed by atoms with van der Waals surface area (Å²) in [6.07, 6.45) is 2.00. The summed E-state index contributed by atoms with van der Waals surface area (Å²) < 4.78 is 0. The molecule has 0 aromatic rings. The minimum absolute atomic E-state index is 0.0220. The molecule has 0 aliphatic carbocycles. The summed E-state index contributed by atoms with van der Waals surface area (Å²) in [4.78, 5) is 4.07. The normalized spacial score (nSPS) is 12.9. The monoisotopic (exact) mass is 199 g/mol. The average Bonchev–Trinajstić information content (AvgIpc) is 2.03. The Balaban J connectivity index is 3.78. The zero-order valence-corrected chi connectivity index (χ0v) is 10.1. The van der Waals surface area contributed by atoms with E-state index in [-0.39, 0.29) is 11.1 Å². The smallest absolute Gasteiger partial charge is 0.0557 e. The van der Waals surface area contributed by atoms with Gasteiger partial charge < -0.3 is 11.1 Å². The van der Waals surface area contributed by atoms with Gasteiger partial charge >= 0.3 is 0 Å². The van der Waals surface area contributed by atoms with Gasteiger partial charge in [0.05, 0.1) is 5.54 Å². The lowest BCUT2D eigenvalue weighted by molar-refractivity contribution is 0.343. The second kappa shape index (κ2) is 5.47. The molecule has 0 atom stereocenters. The quantitative estimate of drug-likeness (QED) is 0.612. The lowest BCUT2D eigenvalue weighted by Crippen LogP contribution is -2.42. The Morgan fingerprint density at radius 3 is 2.21 bits per heavy atom. The van der Waals surface area contributed by atoms with Crippen molar-refractivity contribution < 1.29 is 0 Å². The van der Waals surface area contributed by atoms with Gasteiger partial charge in [-0.2, -0.15) is 0 Å². The Bertz CT molecular complexity index is 173. The Labute approximate surface area is 88.2 Å². The van der Waals surface area contributed by atoms with E-state index in [1.807, 2.05) is 0 Å². The highest BCUT2D eigenvalue weighted by Gasteiger charge is 2.18. The maximum atomic E-state index is 5.53. The molecule has 0 saturated heterocycles. The zero-order valence-electron chi connectivity index (χ0n) is 10.1. The summed E-state index contributed by atoms with van der Waals surface area (Å²) >= 11 is 0. The van der Waals surface area contributed by atoms with E-state index in [1.165, 1.54) is 0 Å². The van der Waals surface area contributed by atoms with Gasteiger partial charge in [0.1, 0.15) is 0 Å². The van der Waals surface area contributed by atoms with Crippen molar-refractivity contribution in [2.24, 2.45) is 10.7 Å². The van der Waals surface area contributed by atoms with Crippen molar-refractivity contribution in [2.75, 3.05) is 13.1 Å². The summed E-state index contributed by atoms with van der Waals surface area (Å²) in [6.45, 7) is 13.8. The number of nitrogens with two attached hydrogens (primary N) is 1. The van der Waals surface area contributed by atoms with E-state index < -0.39 is 0 Å². The fourth-order valence-corrected chi connectivity index (χ4v) is 1.24. The van der Waals surface area contributed by atoms with Gasteiger partial charge in [-0.05, 0) is 60.3 Å². The third-order valence-electron chi connectivity index (χ3n) is 2.54. The predicted octanol–water partition coefficient (Wildman–Crippen LogP) is 1.57. The largest absolute Gasteiger partial charge is 0.330 e. The van der Waals surface area contributed by atoms with Crippen LogP contribution in [0.25, 0.3) is 0 Å². The van der Waals surface area contributed by atoms with E-state index in [0.717, 1.165) is 25.9 Å². The van der Waals surface area contributed by atoms with Crippen LogP contribution in [0.5, 0.6) is 0 Å². The number of aliphatic imine (C=N–C) groups is 1. The average molecular weight is 199 g/mol.